The second-order valence-electron chi connectivity index (χ2n) is 6.22. The number of anilines is 1. The monoisotopic (exact) mass is 393 g/mol. The number of rotatable bonds is 4. The van der Waals surface area contributed by atoms with Crippen molar-refractivity contribution < 1.29 is 22.7 Å². The molecule has 0 saturated heterocycles. The number of carbonyl (C=O) groups excluding carboxylic acids is 2. The largest absolute Gasteiger partial charge is 0.497 e. The Morgan fingerprint density at radius 3 is 2.00 bits per heavy atom. The van der Waals surface area contributed by atoms with Gasteiger partial charge in [0.15, 0.2) is 11.6 Å². The molecule has 0 spiro atoms. The SMILES string of the molecule is COc1ccc(NS(=O)(=O)c2cccc3c2C(=O)c2ccccc2C3=O)cc1. The molecule has 1 N–H and O–H groups in total. The second kappa shape index (κ2) is 6.61. The Hall–Kier alpha value is -3.45. The van der Waals surface area contributed by atoms with Crippen LogP contribution in [0.3, 0.4) is 0 Å². The van der Waals surface area contributed by atoms with Crippen LogP contribution in [-0.2, 0) is 10.0 Å². The van der Waals surface area contributed by atoms with Crippen LogP contribution < -0.4 is 9.46 Å². The first-order valence-electron chi connectivity index (χ1n) is 8.40. The van der Waals surface area contributed by atoms with Crippen LogP contribution in [0.1, 0.15) is 31.8 Å². The van der Waals surface area contributed by atoms with Gasteiger partial charge in [-0.05, 0) is 30.3 Å². The molecule has 0 heterocycles. The molecule has 0 amide bonds. The van der Waals surface area contributed by atoms with Gasteiger partial charge in [0.2, 0.25) is 0 Å². The summed E-state index contributed by atoms with van der Waals surface area (Å²) >= 11 is 0. The summed E-state index contributed by atoms with van der Waals surface area (Å²) in [5.41, 5.74) is 0.770. The van der Waals surface area contributed by atoms with Crippen molar-refractivity contribution in [1.82, 2.24) is 0 Å². The zero-order valence-electron chi connectivity index (χ0n) is 14.8. The molecular weight excluding hydrogens is 378 g/mol. The first-order valence-corrected chi connectivity index (χ1v) is 9.89. The van der Waals surface area contributed by atoms with Crippen molar-refractivity contribution in [2.24, 2.45) is 0 Å². The van der Waals surface area contributed by atoms with Crippen molar-refractivity contribution >= 4 is 27.3 Å². The van der Waals surface area contributed by atoms with E-state index in [1.807, 2.05) is 0 Å². The Labute approximate surface area is 161 Å². The minimum absolute atomic E-state index is 0.0845. The van der Waals surface area contributed by atoms with E-state index in [4.69, 9.17) is 4.74 Å². The minimum Gasteiger partial charge on any atom is -0.497 e. The number of fused-ring (bicyclic) bond motifs is 2. The maximum absolute atomic E-state index is 13.0. The number of sulfonamides is 1. The molecule has 6 nitrogen and oxygen atoms in total. The maximum atomic E-state index is 13.0. The van der Waals surface area contributed by atoms with Crippen LogP contribution in [0, 0.1) is 0 Å². The number of hydrogen-bond donors (Lipinski definition) is 1. The molecule has 4 rings (SSSR count). The molecule has 0 saturated carbocycles. The van der Waals surface area contributed by atoms with Crippen LogP contribution in [0.2, 0.25) is 0 Å². The highest BCUT2D eigenvalue weighted by atomic mass is 32.2. The summed E-state index contributed by atoms with van der Waals surface area (Å²) in [6.45, 7) is 0. The van der Waals surface area contributed by atoms with Crippen LogP contribution in [0.25, 0.3) is 0 Å². The van der Waals surface area contributed by atoms with Crippen molar-refractivity contribution in [3.8, 4) is 5.75 Å². The summed E-state index contributed by atoms with van der Waals surface area (Å²) in [6, 6.07) is 17.0. The van der Waals surface area contributed by atoms with E-state index in [-0.39, 0.29) is 32.9 Å². The van der Waals surface area contributed by atoms with Crippen LogP contribution in [-0.4, -0.2) is 27.1 Å². The minimum atomic E-state index is -4.10. The zero-order chi connectivity index (χ0) is 19.9. The van der Waals surface area contributed by atoms with Crippen LogP contribution in [0.4, 0.5) is 5.69 Å². The Balaban J connectivity index is 1.81. The van der Waals surface area contributed by atoms with Gasteiger partial charge in [-0.1, -0.05) is 36.4 Å². The van der Waals surface area contributed by atoms with Crippen molar-refractivity contribution in [2.75, 3.05) is 11.8 Å². The predicted molar refractivity (Wildman–Crippen MR) is 104 cm³/mol. The molecule has 28 heavy (non-hydrogen) atoms. The fourth-order valence-corrected chi connectivity index (χ4v) is 4.49. The van der Waals surface area contributed by atoms with Gasteiger partial charge in [-0.3, -0.25) is 14.3 Å². The molecular formula is C21H15NO5S. The number of methoxy groups -OCH3 is 1. The van der Waals surface area contributed by atoms with E-state index in [9.17, 15) is 18.0 Å². The van der Waals surface area contributed by atoms with Crippen LogP contribution in [0.15, 0.2) is 71.6 Å². The van der Waals surface area contributed by atoms with Crippen molar-refractivity contribution in [2.45, 2.75) is 4.90 Å². The molecule has 3 aromatic carbocycles. The van der Waals surface area contributed by atoms with Gasteiger partial charge in [0.25, 0.3) is 10.0 Å². The molecule has 0 radical (unpaired) electrons. The molecule has 0 atom stereocenters. The summed E-state index contributed by atoms with van der Waals surface area (Å²) in [5, 5.41) is 0. The van der Waals surface area contributed by atoms with Gasteiger partial charge in [-0.25, -0.2) is 8.42 Å². The Kier molecular flexibility index (Phi) is 4.24. The lowest BCUT2D eigenvalue weighted by molar-refractivity contribution is 0.0976. The van der Waals surface area contributed by atoms with Gasteiger partial charge in [-0.2, -0.15) is 0 Å². The van der Waals surface area contributed by atoms with Crippen LogP contribution in [0.5, 0.6) is 5.75 Å². The average molecular weight is 393 g/mol. The molecule has 140 valence electrons. The Morgan fingerprint density at radius 1 is 0.750 bits per heavy atom. The molecule has 1 aliphatic carbocycles. The van der Waals surface area contributed by atoms with Crippen molar-refractivity contribution in [1.29, 1.82) is 0 Å². The second-order valence-corrected chi connectivity index (χ2v) is 7.87. The fourth-order valence-electron chi connectivity index (χ4n) is 3.21. The van der Waals surface area contributed by atoms with Gasteiger partial charge in [-0.15, -0.1) is 0 Å². The highest BCUT2D eigenvalue weighted by Crippen LogP contribution is 2.32. The van der Waals surface area contributed by atoms with Gasteiger partial charge in [0, 0.05) is 22.4 Å². The van der Waals surface area contributed by atoms with Gasteiger partial charge >= 0.3 is 0 Å². The number of ether oxygens (including phenoxy) is 1. The maximum Gasteiger partial charge on any atom is 0.262 e. The van der Waals surface area contributed by atoms with Gasteiger partial charge in [0.05, 0.1) is 17.6 Å². The first-order chi connectivity index (χ1) is 13.4. The smallest absolute Gasteiger partial charge is 0.262 e. The number of ketones is 2. The van der Waals surface area contributed by atoms with Crippen molar-refractivity contribution in [3.63, 3.8) is 0 Å². The molecule has 3 aromatic rings. The average Bonchev–Trinajstić information content (AvgIpc) is 2.72. The Bertz CT molecular complexity index is 1210. The highest BCUT2D eigenvalue weighted by Gasteiger charge is 2.34. The van der Waals surface area contributed by atoms with E-state index in [1.165, 1.54) is 31.4 Å². The molecule has 7 heteroatoms. The number of hydrogen-bond acceptors (Lipinski definition) is 5. The molecule has 0 aliphatic heterocycles. The van der Waals surface area contributed by atoms with E-state index in [0.29, 0.717) is 11.4 Å². The van der Waals surface area contributed by atoms with Crippen LogP contribution >= 0.6 is 0 Å². The molecule has 0 bridgehead atoms. The lowest BCUT2D eigenvalue weighted by atomic mass is 9.84. The number of nitrogens with one attached hydrogen (secondary N) is 1. The third kappa shape index (κ3) is 2.86. The third-order valence-corrected chi connectivity index (χ3v) is 5.97. The van der Waals surface area contributed by atoms with Gasteiger partial charge < -0.3 is 4.74 Å². The topological polar surface area (TPSA) is 89.5 Å². The summed E-state index contributed by atoms with van der Waals surface area (Å²) in [4.78, 5) is 25.5. The van der Waals surface area contributed by atoms with E-state index in [1.54, 1.807) is 42.5 Å². The Morgan fingerprint density at radius 2 is 1.36 bits per heavy atom. The van der Waals surface area contributed by atoms with E-state index < -0.39 is 15.8 Å². The quantitative estimate of drug-likeness (QED) is 0.575. The summed E-state index contributed by atoms with van der Waals surface area (Å²) in [6.07, 6.45) is 0. The number of benzene rings is 3. The third-order valence-electron chi connectivity index (χ3n) is 4.55. The lowest BCUT2D eigenvalue weighted by Crippen LogP contribution is -2.25. The summed E-state index contributed by atoms with van der Waals surface area (Å²) in [5.74, 6) is -0.273. The van der Waals surface area contributed by atoms with E-state index in [0.717, 1.165) is 0 Å². The lowest BCUT2D eigenvalue weighted by Gasteiger charge is -2.20. The molecule has 0 unspecified atom stereocenters. The summed E-state index contributed by atoms with van der Waals surface area (Å²) in [7, 11) is -2.59. The zero-order valence-corrected chi connectivity index (χ0v) is 15.6. The highest BCUT2D eigenvalue weighted by molar-refractivity contribution is 7.92. The predicted octanol–water partition coefficient (Wildman–Crippen LogP) is 3.27. The standard InChI is InChI=1S/C21H15NO5S/c1-27-14-11-9-13(10-12-14)22-28(25,26)18-8-4-7-17-19(18)21(24)16-6-3-2-5-15(16)20(17)23/h2-12,22H,1H3. The number of carbonyl (C=O) groups is 2. The van der Waals surface area contributed by atoms with Crippen molar-refractivity contribution in [3.05, 3.63) is 89.0 Å². The molecule has 0 fully saturated rings. The van der Waals surface area contributed by atoms with E-state index in [2.05, 4.69) is 4.72 Å². The van der Waals surface area contributed by atoms with E-state index >= 15 is 0 Å². The molecule has 1 aliphatic rings. The first kappa shape index (κ1) is 17.9. The summed E-state index contributed by atoms with van der Waals surface area (Å²) < 4.78 is 33.5. The van der Waals surface area contributed by atoms with Gasteiger partial charge in [0.1, 0.15) is 5.75 Å². The normalized spacial score (nSPS) is 12.9. The fraction of sp³-hybridized carbons (Fsp3) is 0.0476. The molecule has 0 aromatic heterocycles.